The maximum atomic E-state index is 13.9. The molecule has 1 saturated carbocycles. The van der Waals surface area contributed by atoms with Crippen LogP contribution in [0.25, 0.3) is 0 Å². The lowest BCUT2D eigenvalue weighted by molar-refractivity contribution is -0.123. The molecule has 2 N–H and O–H groups in total. The molecule has 0 radical (unpaired) electrons. The topological polar surface area (TPSA) is 52.6 Å². The lowest BCUT2D eigenvalue weighted by Crippen LogP contribution is -2.42. The molecule has 4 nitrogen and oxygen atoms in total. The molecule has 3 rings (SSSR count). The first-order valence-corrected chi connectivity index (χ1v) is 8.02. The van der Waals surface area contributed by atoms with Crippen molar-refractivity contribution in [2.45, 2.75) is 25.4 Å². The van der Waals surface area contributed by atoms with E-state index in [1.807, 2.05) is 4.90 Å². The summed E-state index contributed by atoms with van der Waals surface area (Å²) >= 11 is 6.06. The Morgan fingerprint density at radius 3 is 2.82 bits per heavy atom. The molecule has 1 aliphatic carbocycles. The molecule has 1 heterocycles. The van der Waals surface area contributed by atoms with Crippen LogP contribution in [-0.2, 0) is 11.3 Å². The third-order valence-electron chi connectivity index (χ3n) is 4.47. The van der Waals surface area contributed by atoms with Crippen molar-refractivity contribution in [3.8, 4) is 0 Å². The molecule has 0 spiro atoms. The van der Waals surface area contributed by atoms with Gasteiger partial charge in [0.25, 0.3) is 0 Å². The molecule has 1 aromatic carbocycles. The molecule has 6 heteroatoms. The van der Waals surface area contributed by atoms with Crippen molar-refractivity contribution < 1.29 is 14.3 Å². The van der Waals surface area contributed by atoms with E-state index in [0.29, 0.717) is 30.2 Å². The van der Waals surface area contributed by atoms with Crippen LogP contribution in [-0.4, -0.2) is 41.7 Å². The smallest absolute Gasteiger partial charge is 0.223 e. The zero-order chi connectivity index (χ0) is 15.7. The van der Waals surface area contributed by atoms with Gasteiger partial charge in [-0.15, -0.1) is 0 Å². The van der Waals surface area contributed by atoms with E-state index in [4.69, 9.17) is 11.6 Å². The molecule has 0 unspecified atom stereocenters. The monoisotopic (exact) mass is 326 g/mol. The van der Waals surface area contributed by atoms with Crippen LogP contribution in [0.5, 0.6) is 0 Å². The molecule has 22 heavy (non-hydrogen) atoms. The van der Waals surface area contributed by atoms with E-state index in [0.717, 1.165) is 12.8 Å². The van der Waals surface area contributed by atoms with Gasteiger partial charge in [-0.2, -0.15) is 0 Å². The number of halogens is 2. The number of aliphatic hydroxyl groups is 1. The van der Waals surface area contributed by atoms with Crippen LogP contribution < -0.4 is 5.32 Å². The summed E-state index contributed by atoms with van der Waals surface area (Å²) in [7, 11) is 0. The number of carbonyl (C=O) groups is 1. The molecule has 0 bridgehead atoms. The summed E-state index contributed by atoms with van der Waals surface area (Å²) < 4.78 is 13.9. The average Bonchev–Trinajstić information content (AvgIpc) is 3.26. The molecule has 2 aliphatic rings. The van der Waals surface area contributed by atoms with Crippen molar-refractivity contribution in [3.05, 3.63) is 34.6 Å². The Kier molecular flexibility index (Phi) is 4.66. The fourth-order valence-corrected chi connectivity index (χ4v) is 3.21. The van der Waals surface area contributed by atoms with Crippen molar-refractivity contribution in [2.75, 3.05) is 19.7 Å². The zero-order valence-electron chi connectivity index (χ0n) is 12.3. The Balaban J connectivity index is 1.64. The lowest BCUT2D eigenvalue weighted by Gasteiger charge is -2.18. The number of aliphatic hydroxyl groups excluding tert-OH is 1. The molecule has 2 atom stereocenters. The normalized spacial score (nSPS) is 25.4. The molecular formula is C16H20ClFN2O2. The SMILES string of the molecule is O=C(N[C@@H]1CN(Cc2c(F)cccc2Cl)C[C@H]1CO)C1CC1. The van der Waals surface area contributed by atoms with Gasteiger partial charge in [0.1, 0.15) is 5.82 Å². The van der Waals surface area contributed by atoms with Crippen molar-refractivity contribution in [1.82, 2.24) is 10.2 Å². The van der Waals surface area contributed by atoms with E-state index < -0.39 is 0 Å². The highest BCUT2D eigenvalue weighted by atomic mass is 35.5. The van der Waals surface area contributed by atoms with E-state index in [1.54, 1.807) is 12.1 Å². The Labute approximate surface area is 134 Å². The van der Waals surface area contributed by atoms with Crippen LogP contribution >= 0.6 is 11.6 Å². The standard InChI is InChI=1S/C16H20ClFN2O2/c17-13-2-1-3-14(18)12(13)7-20-6-11(9-21)15(8-20)19-16(22)10-4-5-10/h1-3,10-11,15,21H,4-9H2,(H,19,22)/t11-,15+/m0/s1. The molecule has 2 fully saturated rings. The molecule has 1 amide bonds. The van der Waals surface area contributed by atoms with Crippen LogP contribution in [0.2, 0.25) is 5.02 Å². The fraction of sp³-hybridized carbons (Fsp3) is 0.562. The van der Waals surface area contributed by atoms with E-state index in [1.165, 1.54) is 6.07 Å². The highest BCUT2D eigenvalue weighted by molar-refractivity contribution is 6.31. The fourth-order valence-electron chi connectivity index (χ4n) is 2.99. The Hall–Kier alpha value is -1.17. The second-order valence-electron chi connectivity index (χ2n) is 6.23. The van der Waals surface area contributed by atoms with Crippen molar-refractivity contribution >= 4 is 17.5 Å². The first-order chi connectivity index (χ1) is 10.6. The van der Waals surface area contributed by atoms with Crippen LogP contribution in [0.4, 0.5) is 4.39 Å². The molecule has 1 aromatic rings. The predicted molar refractivity (Wildman–Crippen MR) is 81.9 cm³/mol. The highest BCUT2D eigenvalue weighted by Gasteiger charge is 2.37. The third-order valence-corrected chi connectivity index (χ3v) is 4.82. The van der Waals surface area contributed by atoms with Crippen LogP contribution in [0.15, 0.2) is 18.2 Å². The van der Waals surface area contributed by atoms with E-state index >= 15 is 0 Å². The number of likely N-dealkylation sites (tertiary alicyclic amines) is 1. The first-order valence-electron chi connectivity index (χ1n) is 7.65. The van der Waals surface area contributed by atoms with Crippen molar-refractivity contribution in [1.29, 1.82) is 0 Å². The number of amides is 1. The minimum absolute atomic E-state index is 0.0110. The minimum Gasteiger partial charge on any atom is -0.396 e. The van der Waals surface area contributed by atoms with E-state index in [-0.39, 0.29) is 36.2 Å². The second kappa shape index (κ2) is 6.52. The molecule has 1 saturated heterocycles. The van der Waals surface area contributed by atoms with E-state index in [9.17, 15) is 14.3 Å². The number of benzene rings is 1. The van der Waals surface area contributed by atoms with Gasteiger partial charge in [-0.3, -0.25) is 9.69 Å². The predicted octanol–water partition coefficient (Wildman–Crippen LogP) is 1.80. The van der Waals surface area contributed by atoms with Crippen LogP contribution in [0.1, 0.15) is 18.4 Å². The molecule has 0 aromatic heterocycles. The van der Waals surface area contributed by atoms with Gasteiger partial charge in [-0.1, -0.05) is 17.7 Å². The summed E-state index contributed by atoms with van der Waals surface area (Å²) in [5.41, 5.74) is 0.468. The summed E-state index contributed by atoms with van der Waals surface area (Å²) in [5.74, 6) is -0.115. The number of hydrogen-bond acceptors (Lipinski definition) is 3. The van der Waals surface area contributed by atoms with Crippen LogP contribution in [0.3, 0.4) is 0 Å². The van der Waals surface area contributed by atoms with E-state index in [2.05, 4.69) is 5.32 Å². The summed E-state index contributed by atoms with van der Waals surface area (Å²) in [5, 5.41) is 12.9. The summed E-state index contributed by atoms with van der Waals surface area (Å²) in [6.07, 6.45) is 1.91. The van der Waals surface area contributed by atoms with Gasteiger partial charge < -0.3 is 10.4 Å². The van der Waals surface area contributed by atoms with Gasteiger partial charge in [0.2, 0.25) is 5.91 Å². The van der Waals surface area contributed by atoms with Crippen molar-refractivity contribution in [3.63, 3.8) is 0 Å². The largest absolute Gasteiger partial charge is 0.396 e. The van der Waals surface area contributed by atoms with Gasteiger partial charge >= 0.3 is 0 Å². The quantitative estimate of drug-likeness (QED) is 0.867. The zero-order valence-corrected chi connectivity index (χ0v) is 13.0. The maximum absolute atomic E-state index is 13.9. The summed E-state index contributed by atoms with van der Waals surface area (Å²) in [6, 6.07) is 4.57. The van der Waals surface area contributed by atoms with Gasteiger partial charge in [0, 0.05) is 54.7 Å². The van der Waals surface area contributed by atoms with Gasteiger partial charge in [-0.05, 0) is 25.0 Å². The maximum Gasteiger partial charge on any atom is 0.223 e. The van der Waals surface area contributed by atoms with Crippen LogP contribution in [0, 0.1) is 17.7 Å². The number of nitrogens with one attached hydrogen (secondary N) is 1. The van der Waals surface area contributed by atoms with Gasteiger partial charge in [0.05, 0.1) is 0 Å². The summed E-state index contributed by atoms with van der Waals surface area (Å²) in [4.78, 5) is 13.9. The second-order valence-corrected chi connectivity index (χ2v) is 6.63. The Bertz CT molecular complexity index is 545. The molecule has 1 aliphatic heterocycles. The Morgan fingerprint density at radius 2 is 2.18 bits per heavy atom. The Morgan fingerprint density at radius 1 is 1.41 bits per heavy atom. The number of carbonyl (C=O) groups excluding carboxylic acids is 1. The van der Waals surface area contributed by atoms with Gasteiger partial charge in [-0.25, -0.2) is 4.39 Å². The summed E-state index contributed by atoms with van der Waals surface area (Å²) in [6.45, 7) is 1.63. The molecule has 120 valence electrons. The van der Waals surface area contributed by atoms with Gasteiger partial charge in [0.15, 0.2) is 0 Å². The average molecular weight is 327 g/mol. The minimum atomic E-state index is -0.321. The first kappa shape index (κ1) is 15.7. The third kappa shape index (κ3) is 3.42. The molecular weight excluding hydrogens is 307 g/mol. The number of hydrogen-bond donors (Lipinski definition) is 2. The van der Waals surface area contributed by atoms with Crippen molar-refractivity contribution in [2.24, 2.45) is 11.8 Å². The number of nitrogens with zero attached hydrogens (tertiary/aromatic N) is 1. The number of rotatable bonds is 5. The lowest BCUT2D eigenvalue weighted by atomic mass is 10.1. The highest BCUT2D eigenvalue weighted by Crippen LogP contribution is 2.30.